The van der Waals surface area contributed by atoms with E-state index < -0.39 is 0 Å². The predicted octanol–water partition coefficient (Wildman–Crippen LogP) is 2.79. The van der Waals surface area contributed by atoms with E-state index in [2.05, 4.69) is 16.8 Å². The van der Waals surface area contributed by atoms with Gasteiger partial charge in [0, 0.05) is 31.7 Å². The van der Waals surface area contributed by atoms with Gasteiger partial charge in [0.05, 0.1) is 5.41 Å². The highest BCUT2D eigenvalue weighted by atomic mass is 16.2. The standard InChI is InChI=1S/C23H33N3O2/c1-18-6-3-4-7-20(18)21(27)26-12-5-10-23(17-26)11-15-25(22(23)28)16-19-8-13-24(2)14-9-19/h3-4,6-7,19H,5,8-17H2,1-2H3. The summed E-state index contributed by atoms with van der Waals surface area (Å²) in [5, 5.41) is 0. The van der Waals surface area contributed by atoms with Gasteiger partial charge < -0.3 is 14.7 Å². The van der Waals surface area contributed by atoms with E-state index in [9.17, 15) is 9.59 Å². The number of piperidine rings is 2. The molecule has 0 N–H and O–H groups in total. The average molecular weight is 384 g/mol. The monoisotopic (exact) mass is 383 g/mol. The van der Waals surface area contributed by atoms with E-state index in [-0.39, 0.29) is 11.3 Å². The van der Waals surface area contributed by atoms with Crippen molar-refractivity contribution in [1.82, 2.24) is 14.7 Å². The molecule has 3 saturated heterocycles. The molecule has 4 rings (SSSR count). The van der Waals surface area contributed by atoms with Gasteiger partial charge in [0.15, 0.2) is 0 Å². The number of nitrogens with zero attached hydrogens (tertiary/aromatic N) is 3. The van der Waals surface area contributed by atoms with Crippen molar-refractivity contribution in [2.45, 2.75) is 39.0 Å². The van der Waals surface area contributed by atoms with Crippen molar-refractivity contribution in [3.05, 3.63) is 35.4 Å². The summed E-state index contributed by atoms with van der Waals surface area (Å²) in [7, 11) is 2.17. The number of hydrogen-bond donors (Lipinski definition) is 0. The second kappa shape index (κ2) is 7.86. The molecule has 3 heterocycles. The SMILES string of the molecule is Cc1ccccc1C(=O)N1CCCC2(CCN(CC3CCN(C)CC3)C2=O)C1. The highest BCUT2D eigenvalue weighted by Crippen LogP contribution is 2.41. The van der Waals surface area contributed by atoms with Crippen molar-refractivity contribution in [3.63, 3.8) is 0 Å². The lowest BCUT2D eigenvalue weighted by Crippen LogP contribution is -2.50. The number of amides is 2. The number of likely N-dealkylation sites (tertiary alicyclic amines) is 3. The fourth-order valence-electron chi connectivity index (χ4n) is 5.29. The molecule has 0 bridgehead atoms. The molecule has 1 unspecified atom stereocenters. The minimum atomic E-state index is -0.345. The van der Waals surface area contributed by atoms with E-state index in [1.165, 1.54) is 12.8 Å². The second-order valence-electron chi connectivity index (χ2n) is 9.17. The van der Waals surface area contributed by atoms with Crippen LogP contribution in [-0.2, 0) is 4.79 Å². The number of carbonyl (C=O) groups is 2. The molecule has 0 saturated carbocycles. The average Bonchev–Trinajstić information content (AvgIpc) is 2.99. The smallest absolute Gasteiger partial charge is 0.254 e. The van der Waals surface area contributed by atoms with Crippen LogP contribution in [0.1, 0.15) is 48.0 Å². The zero-order chi connectivity index (χ0) is 19.7. The molecule has 1 atom stereocenters. The molecule has 0 radical (unpaired) electrons. The molecule has 1 spiro atoms. The highest BCUT2D eigenvalue weighted by molar-refractivity contribution is 5.96. The van der Waals surface area contributed by atoms with Crippen molar-refractivity contribution in [1.29, 1.82) is 0 Å². The van der Waals surface area contributed by atoms with Crippen LogP contribution >= 0.6 is 0 Å². The van der Waals surface area contributed by atoms with E-state index in [0.717, 1.165) is 63.1 Å². The lowest BCUT2D eigenvalue weighted by molar-refractivity contribution is -0.138. The first kappa shape index (κ1) is 19.4. The molecule has 0 aromatic heterocycles. The summed E-state index contributed by atoms with van der Waals surface area (Å²) in [6, 6.07) is 7.77. The lowest BCUT2D eigenvalue weighted by Gasteiger charge is -2.39. The zero-order valence-electron chi connectivity index (χ0n) is 17.3. The van der Waals surface area contributed by atoms with Gasteiger partial charge in [-0.1, -0.05) is 18.2 Å². The Hall–Kier alpha value is -1.88. The van der Waals surface area contributed by atoms with Crippen LogP contribution in [0, 0.1) is 18.3 Å². The topological polar surface area (TPSA) is 43.9 Å². The van der Waals surface area contributed by atoms with E-state index in [1.54, 1.807) is 0 Å². The molecular weight excluding hydrogens is 350 g/mol. The largest absolute Gasteiger partial charge is 0.342 e. The normalized spacial score (nSPS) is 27.0. The summed E-state index contributed by atoms with van der Waals surface area (Å²) in [4.78, 5) is 32.9. The number of hydrogen-bond acceptors (Lipinski definition) is 3. The Balaban J connectivity index is 1.42. The van der Waals surface area contributed by atoms with Gasteiger partial charge in [-0.2, -0.15) is 0 Å². The van der Waals surface area contributed by atoms with Crippen LogP contribution in [0.15, 0.2) is 24.3 Å². The summed E-state index contributed by atoms with van der Waals surface area (Å²) in [5.41, 5.74) is 1.43. The summed E-state index contributed by atoms with van der Waals surface area (Å²) in [6.45, 7) is 7.36. The molecule has 5 heteroatoms. The number of carbonyl (C=O) groups excluding carboxylic acids is 2. The van der Waals surface area contributed by atoms with Gasteiger partial charge >= 0.3 is 0 Å². The van der Waals surface area contributed by atoms with Crippen molar-refractivity contribution in [2.75, 3.05) is 46.3 Å². The van der Waals surface area contributed by atoms with Crippen LogP contribution in [0.4, 0.5) is 0 Å². The summed E-state index contributed by atoms with van der Waals surface area (Å²) in [6.07, 6.45) is 5.12. The van der Waals surface area contributed by atoms with Crippen LogP contribution in [0.2, 0.25) is 0 Å². The predicted molar refractivity (Wildman–Crippen MR) is 110 cm³/mol. The third-order valence-corrected chi connectivity index (χ3v) is 7.16. The van der Waals surface area contributed by atoms with Gasteiger partial charge in [-0.3, -0.25) is 9.59 Å². The van der Waals surface area contributed by atoms with Crippen LogP contribution < -0.4 is 0 Å². The van der Waals surface area contributed by atoms with Gasteiger partial charge in [0.2, 0.25) is 5.91 Å². The number of benzene rings is 1. The maximum absolute atomic E-state index is 13.4. The summed E-state index contributed by atoms with van der Waals surface area (Å²) >= 11 is 0. The fraction of sp³-hybridized carbons (Fsp3) is 0.652. The molecule has 2 amide bonds. The minimum Gasteiger partial charge on any atom is -0.342 e. The van der Waals surface area contributed by atoms with Crippen molar-refractivity contribution >= 4 is 11.8 Å². The highest BCUT2D eigenvalue weighted by Gasteiger charge is 2.49. The Kier molecular flexibility index (Phi) is 5.46. The third-order valence-electron chi connectivity index (χ3n) is 7.16. The molecule has 3 fully saturated rings. The Morgan fingerprint density at radius 1 is 1.11 bits per heavy atom. The van der Waals surface area contributed by atoms with Gasteiger partial charge in [-0.25, -0.2) is 0 Å². The minimum absolute atomic E-state index is 0.0822. The molecule has 3 aliphatic rings. The number of rotatable bonds is 3. The van der Waals surface area contributed by atoms with E-state index in [4.69, 9.17) is 0 Å². The lowest BCUT2D eigenvalue weighted by atomic mass is 9.78. The van der Waals surface area contributed by atoms with Crippen LogP contribution in [0.5, 0.6) is 0 Å². The Bertz CT molecular complexity index is 741. The number of aryl methyl sites for hydroxylation is 1. The first-order valence-corrected chi connectivity index (χ1v) is 10.8. The Morgan fingerprint density at radius 2 is 1.86 bits per heavy atom. The van der Waals surface area contributed by atoms with Crippen LogP contribution in [-0.4, -0.2) is 72.8 Å². The third kappa shape index (κ3) is 3.69. The zero-order valence-corrected chi connectivity index (χ0v) is 17.3. The summed E-state index contributed by atoms with van der Waals surface area (Å²) < 4.78 is 0. The molecule has 5 nitrogen and oxygen atoms in total. The van der Waals surface area contributed by atoms with E-state index in [0.29, 0.717) is 18.4 Å². The van der Waals surface area contributed by atoms with Crippen molar-refractivity contribution in [2.24, 2.45) is 11.3 Å². The molecule has 28 heavy (non-hydrogen) atoms. The molecule has 1 aromatic carbocycles. The van der Waals surface area contributed by atoms with Crippen LogP contribution in [0.25, 0.3) is 0 Å². The van der Waals surface area contributed by atoms with Gasteiger partial charge in [0.1, 0.15) is 0 Å². The van der Waals surface area contributed by atoms with Gasteiger partial charge in [-0.15, -0.1) is 0 Å². The molecule has 152 valence electrons. The maximum Gasteiger partial charge on any atom is 0.254 e. The van der Waals surface area contributed by atoms with E-state index in [1.807, 2.05) is 36.1 Å². The molecule has 1 aromatic rings. The quantitative estimate of drug-likeness (QED) is 0.806. The first-order valence-electron chi connectivity index (χ1n) is 10.8. The summed E-state index contributed by atoms with van der Waals surface area (Å²) in [5.74, 6) is 1.01. The molecule has 3 aliphatic heterocycles. The molecular formula is C23H33N3O2. The Labute approximate surface area is 168 Å². The fourth-order valence-corrected chi connectivity index (χ4v) is 5.29. The Morgan fingerprint density at radius 3 is 2.61 bits per heavy atom. The second-order valence-corrected chi connectivity index (χ2v) is 9.17. The maximum atomic E-state index is 13.4. The van der Waals surface area contributed by atoms with Gasteiger partial charge in [0.25, 0.3) is 5.91 Å². The first-order chi connectivity index (χ1) is 13.5. The van der Waals surface area contributed by atoms with E-state index >= 15 is 0 Å². The molecule has 0 aliphatic carbocycles. The van der Waals surface area contributed by atoms with Crippen molar-refractivity contribution < 1.29 is 9.59 Å². The van der Waals surface area contributed by atoms with Gasteiger partial charge in [-0.05, 0) is 76.7 Å². The van der Waals surface area contributed by atoms with Crippen molar-refractivity contribution in [3.8, 4) is 0 Å². The van der Waals surface area contributed by atoms with Crippen LogP contribution in [0.3, 0.4) is 0 Å².